The van der Waals surface area contributed by atoms with Gasteiger partial charge in [-0.25, -0.2) is 14.6 Å². The zero-order valence-corrected chi connectivity index (χ0v) is 16.6. The van der Waals surface area contributed by atoms with Crippen LogP contribution in [0.3, 0.4) is 0 Å². The van der Waals surface area contributed by atoms with Crippen LogP contribution in [0.4, 0.5) is 4.79 Å². The van der Waals surface area contributed by atoms with Crippen molar-refractivity contribution in [2.24, 2.45) is 0 Å². The summed E-state index contributed by atoms with van der Waals surface area (Å²) < 4.78 is 15.2. The molecule has 2 heterocycles. The minimum Gasteiger partial charge on any atom is -0.469 e. The Morgan fingerprint density at radius 1 is 1.21 bits per heavy atom. The first-order valence-electron chi connectivity index (χ1n) is 9.57. The second-order valence-electron chi connectivity index (χ2n) is 6.92. The van der Waals surface area contributed by atoms with E-state index >= 15 is 0 Å². The number of hydrogen-bond donors (Lipinski definition) is 1. The van der Waals surface area contributed by atoms with Crippen LogP contribution in [0.25, 0.3) is 11.1 Å². The second-order valence-corrected chi connectivity index (χ2v) is 6.92. The Labute approximate surface area is 168 Å². The third-order valence-electron chi connectivity index (χ3n) is 5.09. The SMILES string of the molecule is COC(=O)CC[C@@H](NC(=O)N1CCC(c2nc3ccccc3o2)CC1)C(=O)OC. The van der Waals surface area contributed by atoms with Gasteiger partial charge in [-0.2, -0.15) is 0 Å². The molecule has 9 nitrogen and oxygen atoms in total. The lowest BCUT2D eigenvalue weighted by Crippen LogP contribution is -2.50. The summed E-state index contributed by atoms with van der Waals surface area (Å²) in [5.41, 5.74) is 1.59. The molecule has 0 spiro atoms. The van der Waals surface area contributed by atoms with E-state index in [2.05, 4.69) is 15.0 Å². The first-order chi connectivity index (χ1) is 14.0. The minimum absolute atomic E-state index is 0.0103. The summed E-state index contributed by atoms with van der Waals surface area (Å²) in [6.45, 7) is 1.03. The van der Waals surface area contributed by atoms with E-state index in [-0.39, 0.29) is 24.8 Å². The highest BCUT2D eigenvalue weighted by Crippen LogP contribution is 2.29. The molecule has 0 aliphatic carbocycles. The van der Waals surface area contributed by atoms with Gasteiger partial charge >= 0.3 is 18.0 Å². The molecule has 0 unspecified atom stereocenters. The van der Waals surface area contributed by atoms with Gasteiger partial charge in [-0.1, -0.05) is 12.1 Å². The third kappa shape index (κ3) is 5.04. The number of rotatable bonds is 6. The summed E-state index contributed by atoms with van der Waals surface area (Å²) in [6.07, 6.45) is 1.55. The molecule has 2 amide bonds. The summed E-state index contributed by atoms with van der Waals surface area (Å²) >= 11 is 0. The highest BCUT2D eigenvalue weighted by atomic mass is 16.5. The maximum atomic E-state index is 12.6. The predicted molar refractivity (Wildman–Crippen MR) is 103 cm³/mol. The number of ether oxygens (including phenoxy) is 2. The van der Waals surface area contributed by atoms with Crippen molar-refractivity contribution in [2.75, 3.05) is 27.3 Å². The molecule has 9 heteroatoms. The highest BCUT2D eigenvalue weighted by molar-refractivity contribution is 5.84. The number of likely N-dealkylation sites (tertiary alicyclic amines) is 1. The Morgan fingerprint density at radius 2 is 1.93 bits per heavy atom. The van der Waals surface area contributed by atoms with Crippen LogP contribution in [0.5, 0.6) is 0 Å². The molecule has 1 aromatic carbocycles. The number of benzene rings is 1. The van der Waals surface area contributed by atoms with Crippen LogP contribution in [-0.2, 0) is 19.1 Å². The van der Waals surface area contributed by atoms with Gasteiger partial charge in [0.1, 0.15) is 11.6 Å². The first kappa shape index (κ1) is 20.6. The largest absolute Gasteiger partial charge is 0.469 e. The molecule has 1 atom stereocenters. The normalized spacial score (nSPS) is 15.7. The summed E-state index contributed by atoms with van der Waals surface area (Å²) in [5, 5.41) is 2.66. The van der Waals surface area contributed by atoms with Crippen molar-refractivity contribution in [3.8, 4) is 0 Å². The Bertz CT molecular complexity index is 839. The van der Waals surface area contributed by atoms with Crippen LogP contribution in [0.15, 0.2) is 28.7 Å². The molecule has 0 radical (unpaired) electrons. The number of nitrogens with one attached hydrogen (secondary N) is 1. The van der Waals surface area contributed by atoms with Gasteiger partial charge in [-0.3, -0.25) is 4.79 Å². The van der Waals surface area contributed by atoms with E-state index in [1.807, 2.05) is 24.3 Å². The standard InChI is InChI=1S/C20H25N3O6/c1-27-17(24)8-7-15(19(25)28-2)22-20(26)23-11-9-13(10-12-23)18-21-14-5-3-4-6-16(14)29-18/h3-6,13,15H,7-12H2,1-2H3,(H,22,26)/t15-/m1/s1. The molecule has 0 saturated carbocycles. The van der Waals surface area contributed by atoms with Crippen molar-refractivity contribution >= 4 is 29.1 Å². The van der Waals surface area contributed by atoms with Gasteiger partial charge in [-0.15, -0.1) is 0 Å². The lowest BCUT2D eigenvalue weighted by molar-refractivity contribution is -0.144. The molecule has 1 aliphatic heterocycles. The van der Waals surface area contributed by atoms with Crippen molar-refractivity contribution in [1.29, 1.82) is 0 Å². The van der Waals surface area contributed by atoms with Crippen LogP contribution in [0, 0.1) is 0 Å². The van der Waals surface area contributed by atoms with E-state index in [0.717, 1.165) is 11.1 Å². The average Bonchev–Trinajstić information content (AvgIpc) is 3.20. The number of carbonyl (C=O) groups is 3. The zero-order chi connectivity index (χ0) is 20.8. The number of aromatic nitrogens is 1. The van der Waals surface area contributed by atoms with Gasteiger partial charge in [0.25, 0.3) is 0 Å². The maximum Gasteiger partial charge on any atom is 0.328 e. The molecular weight excluding hydrogens is 378 g/mol. The number of amides is 2. The third-order valence-corrected chi connectivity index (χ3v) is 5.09. The number of esters is 2. The lowest BCUT2D eigenvalue weighted by atomic mass is 9.97. The zero-order valence-electron chi connectivity index (χ0n) is 16.6. The molecule has 2 aromatic rings. The molecule has 1 fully saturated rings. The van der Waals surface area contributed by atoms with Crippen molar-refractivity contribution < 1.29 is 28.3 Å². The van der Waals surface area contributed by atoms with Crippen molar-refractivity contribution in [3.05, 3.63) is 30.2 Å². The molecule has 1 saturated heterocycles. The van der Waals surface area contributed by atoms with Crippen molar-refractivity contribution in [2.45, 2.75) is 37.6 Å². The number of fused-ring (bicyclic) bond motifs is 1. The molecule has 156 valence electrons. The van der Waals surface area contributed by atoms with E-state index in [1.165, 1.54) is 14.2 Å². The van der Waals surface area contributed by atoms with Gasteiger partial charge in [0.15, 0.2) is 11.5 Å². The molecule has 0 bridgehead atoms. The lowest BCUT2D eigenvalue weighted by Gasteiger charge is -2.31. The molecule has 1 aliphatic rings. The molecule has 1 N–H and O–H groups in total. The average molecular weight is 403 g/mol. The predicted octanol–water partition coefficient (Wildman–Crippen LogP) is 2.21. The Morgan fingerprint density at radius 3 is 2.59 bits per heavy atom. The molecule has 3 rings (SSSR count). The molecule has 1 aromatic heterocycles. The van der Waals surface area contributed by atoms with E-state index in [0.29, 0.717) is 31.8 Å². The van der Waals surface area contributed by atoms with Crippen molar-refractivity contribution in [1.82, 2.24) is 15.2 Å². The van der Waals surface area contributed by atoms with Gasteiger partial charge in [0.2, 0.25) is 0 Å². The van der Waals surface area contributed by atoms with Crippen LogP contribution in [0.1, 0.15) is 37.5 Å². The second kappa shape index (κ2) is 9.40. The Kier molecular flexibility index (Phi) is 6.69. The monoisotopic (exact) mass is 403 g/mol. The fraction of sp³-hybridized carbons (Fsp3) is 0.500. The quantitative estimate of drug-likeness (QED) is 0.736. The van der Waals surface area contributed by atoms with Gasteiger partial charge in [-0.05, 0) is 31.4 Å². The van der Waals surface area contributed by atoms with Crippen LogP contribution < -0.4 is 5.32 Å². The summed E-state index contributed by atoms with van der Waals surface area (Å²) in [5.74, 6) is -0.213. The smallest absolute Gasteiger partial charge is 0.328 e. The number of methoxy groups -OCH3 is 2. The fourth-order valence-electron chi connectivity index (χ4n) is 3.39. The highest BCUT2D eigenvalue weighted by Gasteiger charge is 2.30. The van der Waals surface area contributed by atoms with Crippen molar-refractivity contribution in [3.63, 3.8) is 0 Å². The van der Waals surface area contributed by atoms with Crippen LogP contribution in [0.2, 0.25) is 0 Å². The van der Waals surface area contributed by atoms with Crippen LogP contribution >= 0.6 is 0 Å². The van der Waals surface area contributed by atoms with Gasteiger partial charge < -0.3 is 24.1 Å². The maximum absolute atomic E-state index is 12.6. The Hall–Kier alpha value is -3.10. The minimum atomic E-state index is -0.902. The van der Waals surface area contributed by atoms with E-state index < -0.39 is 18.0 Å². The number of piperidine rings is 1. The number of urea groups is 1. The number of carbonyl (C=O) groups excluding carboxylic acids is 3. The molecule has 29 heavy (non-hydrogen) atoms. The fourth-order valence-corrected chi connectivity index (χ4v) is 3.39. The topological polar surface area (TPSA) is 111 Å². The van der Waals surface area contributed by atoms with Gasteiger partial charge in [0.05, 0.1) is 14.2 Å². The van der Waals surface area contributed by atoms with E-state index in [9.17, 15) is 14.4 Å². The Balaban J connectivity index is 1.55. The summed E-state index contributed by atoms with van der Waals surface area (Å²) in [4.78, 5) is 42.0. The van der Waals surface area contributed by atoms with E-state index in [1.54, 1.807) is 4.90 Å². The first-order valence-corrected chi connectivity index (χ1v) is 9.57. The van der Waals surface area contributed by atoms with Crippen LogP contribution in [-0.4, -0.2) is 61.2 Å². The number of hydrogen-bond acceptors (Lipinski definition) is 7. The number of para-hydroxylation sites is 2. The van der Waals surface area contributed by atoms with E-state index in [4.69, 9.17) is 9.15 Å². The number of oxazole rings is 1. The molecular formula is C20H25N3O6. The van der Waals surface area contributed by atoms with Gasteiger partial charge in [0, 0.05) is 25.4 Å². The summed E-state index contributed by atoms with van der Waals surface area (Å²) in [6, 6.07) is 6.35. The number of nitrogens with zero attached hydrogens (tertiary/aromatic N) is 2. The summed E-state index contributed by atoms with van der Waals surface area (Å²) in [7, 11) is 2.51.